The second-order valence-corrected chi connectivity index (χ2v) is 6.89. The number of halogens is 1. The molecule has 0 N–H and O–H groups in total. The summed E-state index contributed by atoms with van der Waals surface area (Å²) < 4.78 is 21.3. The molecule has 0 radical (unpaired) electrons. The van der Waals surface area contributed by atoms with E-state index in [1.807, 2.05) is 37.5 Å². The van der Waals surface area contributed by atoms with Crippen LogP contribution in [0.25, 0.3) is 10.9 Å². The summed E-state index contributed by atoms with van der Waals surface area (Å²) >= 11 is 0. The fourth-order valence-corrected chi connectivity index (χ4v) is 2.99. The zero-order chi connectivity index (χ0) is 16.1. The predicted octanol–water partition coefficient (Wildman–Crippen LogP) is 3.57. The number of likely N-dealkylation sites (N-methyl/N-ethyl adjacent to an activating group) is 1. The standard InChI is InChI=1S/C17H21FN2O2/c1-17(2,3)22-16(21)19(4)12-8-11-6-5-7-13-14(18)10-20(9-12)15(11)13/h5-7,10,12H,8-9H2,1-4H3. The molecule has 1 amide bonds. The molecule has 5 heteroatoms. The highest BCUT2D eigenvalue weighted by Gasteiger charge is 2.30. The first-order valence-corrected chi connectivity index (χ1v) is 7.48. The lowest BCUT2D eigenvalue weighted by molar-refractivity contribution is 0.0204. The van der Waals surface area contributed by atoms with Gasteiger partial charge >= 0.3 is 6.09 Å². The van der Waals surface area contributed by atoms with Gasteiger partial charge in [-0.2, -0.15) is 0 Å². The number of hydrogen-bond acceptors (Lipinski definition) is 2. The minimum atomic E-state index is -0.523. The number of para-hydroxylation sites is 1. The van der Waals surface area contributed by atoms with E-state index in [1.54, 1.807) is 18.0 Å². The summed E-state index contributed by atoms with van der Waals surface area (Å²) in [6, 6.07) is 5.61. The summed E-state index contributed by atoms with van der Waals surface area (Å²) in [6.07, 6.45) is 1.88. The van der Waals surface area contributed by atoms with E-state index in [2.05, 4.69) is 0 Å². The molecule has 0 bridgehead atoms. The lowest BCUT2D eigenvalue weighted by Gasteiger charge is -2.33. The lowest BCUT2D eigenvalue weighted by atomic mass is 9.99. The fourth-order valence-electron chi connectivity index (χ4n) is 2.99. The van der Waals surface area contributed by atoms with E-state index >= 15 is 0 Å². The van der Waals surface area contributed by atoms with Gasteiger partial charge in [0.05, 0.1) is 11.6 Å². The van der Waals surface area contributed by atoms with Gasteiger partial charge in [-0.15, -0.1) is 0 Å². The molecule has 2 aromatic rings. The van der Waals surface area contributed by atoms with Gasteiger partial charge in [0.25, 0.3) is 0 Å². The minimum absolute atomic E-state index is 0.0419. The topological polar surface area (TPSA) is 34.5 Å². The molecular weight excluding hydrogens is 283 g/mol. The van der Waals surface area contributed by atoms with Crippen molar-refractivity contribution >= 4 is 17.0 Å². The first kappa shape index (κ1) is 14.9. The molecule has 118 valence electrons. The van der Waals surface area contributed by atoms with Crippen LogP contribution in [0.3, 0.4) is 0 Å². The second kappa shape index (κ2) is 5.00. The maximum Gasteiger partial charge on any atom is 0.410 e. The van der Waals surface area contributed by atoms with E-state index in [0.29, 0.717) is 18.4 Å². The summed E-state index contributed by atoms with van der Waals surface area (Å²) in [5.74, 6) is -0.211. The van der Waals surface area contributed by atoms with Crippen LogP contribution in [0.1, 0.15) is 26.3 Å². The number of aromatic nitrogens is 1. The maximum atomic E-state index is 14.0. The Bertz CT molecular complexity index is 730. The number of ether oxygens (including phenoxy) is 1. The summed E-state index contributed by atoms with van der Waals surface area (Å²) in [5.41, 5.74) is 1.48. The van der Waals surface area contributed by atoms with E-state index in [9.17, 15) is 9.18 Å². The van der Waals surface area contributed by atoms with Crippen molar-refractivity contribution in [1.29, 1.82) is 0 Å². The molecular formula is C17H21FN2O2. The molecule has 1 unspecified atom stereocenters. The first-order valence-electron chi connectivity index (χ1n) is 7.48. The molecule has 2 heterocycles. The van der Waals surface area contributed by atoms with Gasteiger partial charge in [-0.05, 0) is 38.8 Å². The molecule has 1 aromatic carbocycles. The van der Waals surface area contributed by atoms with Gasteiger partial charge < -0.3 is 14.2 Å². The number of benzene rings is 1. The highest BCUT2D eigenvalue weighted by atomic mass is 19.1. The van der Waals surface area contributed by atoms with Crippen LogP contribution in [0.4, 0.5) is 9.18 Å². The number of carbonyl (C=O) groups is 1. The lowest BCUT2D eigenvalue weighted by Crippen LogP contribution is -2.45. The molecule has 0 aliphatic carbocycles. The molecule has 1 aliphatic rings. The molecule has 0 spiro atoms. The molecule has 0 saturated carbocycles. The van der Waals surface area contributed by atoms with Crippen molar-refractivity contribution < 1.29 is 13.9 Å². The molecule has 3 rings (SSSR count). The van der Waals surface area contributed by atoms with Crippen LogP contribution >= 0.6 is 0 Å². The Balaban J connectivity index is 1.86. The summed E-state index contributed by atoms with van der Waals surface area (Å²) in [6.45, 7) is 6.12. The first-order chi connectivity index (χ1) is 10.3. The molecule has 22 heavy (non-hydrogen) atoms. The Hall–Kier alpha value is -2.04. The highest BCUT2D eigenvalue weighted by Crippen LogP contribution is 2.30. The Morgan fingerprint density at radius 2 is 2.14 bits per heavy atom. The van der Waals surface area contributed by atoms with Crippen LogP contribution in [0.15, 0.2) is 24.4 Å². The molecule has 1 aliphatic heterocycles. The van der Waals surface area contributed by atoms with Crippen molar-refractivity contribution in [3.8, 4) is 0 Å². The average Bonchev–Trinajstić information content (AvgIpc) is 2.74. The van der Waals surface area contributed by atoms with Crippen molar-refractivity contribution in [3.63, 3.8) is 0 Å². The van der Waals surface area contributed by atoms with Crippen LogP contribution < -0.4 is 0 Å². The molecule has 4 nitrogen and oxygen atoms in total. The molecule has 1 aromatic heterocycles. The smallest absolute Gasteiger partial charge is 0.410 e. The molecule has 1 atom stereocenters. The highest BCUT2D eigenvalue weighted by molar-refractivity contribution is 5.85. The molecule has 0 fully saturated rings. The number of amides is 1. The average molecular weight is 304 g/mol. The van der Waals surface area contributed by atoms with Crippen LogP contribution in [0.5, 0.6) is 0 Å². The third-order valence-corrected chi connectivity index (χ3v) is 4.03. The van der Waals surface area contributed by atoms with E-state index < -0.39 is 5.60 Å². The van der Waals surface area contributed by atoms with Crippen molar-refractivity contribution in [1.82, 2.24) is 9.47 Å². The van der Waals surface area contributed by atoms with Gasteiger partial charge in [0.15, 0.2) is 0 Å². The Morgan fingerprint density at radius 1 is 1.41 bits per heavy atom. The third kappa shape index (κ3) is 2.56. The van der Waals surface area contributed by atoms with E-state index in [0.717, 1.165) is 11.1 Å². The molecule has 0 saturated heterocycles. The Morgan fingerprint density at radius 3 is 2.82 bits per heavy atom. The Labute approximate surface area is 129 Å². The van der Waals surface area contributed by atoms with Gasteiger partial charge in [-0.3, -0.25) is 0 Å². The second-order valence-electron chi connectivity index (χ2n) is 6.89. The number of nitrogens with zero attached hydrogens (tertiary/aromatic N) is 2. The van der Waals surface area contributed by atoms with Crippen molar-refractivity contribution in [2.75, 3.05) is 7.05 Å². The third-order valence-electron chi connectivity index (χ3n) is 4.03. The Kier molecular flexibility index (Phi) is 3.38. The van der Waals surface area contributed by atoms with E-state index in [4.69, 9.17) is 4.74 Å². The van der Waals surface area contributed by atoms with E-state index in [-0.39, 0.29) is 18.0 Å². The zero-order valence-corrected chi connectivity index (χ0v) is 13.4. The van der Waals surface area contributed by atoms with E-state index in [1.165, 1.54) is 6.20 Å². The van der Waals surface area contributed by atoms with Crippen molar-refractivity contribution in [3.05, 3.63) is 35.8 Å². The predicted molar refractivity (Wildman–Crippen MR) is 83.4 cm³/mol. The van der Waals surface area contributed by atoms with Crippen LogP contribution in [-0.2, 0) is 17.7 Å². The fraction of sp³-hybridized carbons (Fsp3) is 0.471. The van der Waals surface area contributed by atoms with Gasteiger partial charge in [0.1, 0.15) is 11.4 Å². The maximum absolute atomic E-state index is 14.0. The monoisotopic (exact) mass is 304 g/mol. The number of carbonyl (C=O) groups excluding carboxylic acids is 1. The summed E-state index contributed by atoms with van der Waals surface area (Å²) in [5, 5.41) is 0.649. The minimum Gasteiger partial charge on any atom is -0.444 e. The van der Waals surface area contributed by atoms with Crippen molar-refractivity contribution in [2.24, 2.45) is 0 Å². The largest absolute Gasteiger partial charge is 0.444 e. The van der Waals surface area contributed by atoms with Gasteiger partial charge in [0.2, 0.25) is 0 Å². The van der Waals surface area contributed by atoms with Gasteiger partial charge in [-0.1, -0.05) is 12.1 Å². The van der Waals surface area contributed by atoms with Gasteiger partial charge in [0, 0.05) is 25.2 Å². The number of rotatable bonds is 1. The normalized spacial score (nSPS) is 17.6. The summed E-state index contributed by atoms with van der Waals surface area (Å²) in [4.78, 5) is 13.9. The van der Waals surface area contributed by atoms with Gasteiger partial charge in [-0.25, -0.2) is 9.18 Å². The van der Waals surface area contributed by atoms with Crippen LogP contribution in [0.2, 0.25) is 0 Å². The number of hydrogen-bond donors (Lipinski definition) is 0. The SMILES string of the molecule is CN(C(=O)OC(C)(C)C)C1Cc2cccc3c(F)cn(c23)C1. The van der Waals surface area contributed by atoms with Crippen LogP contribution in [-0.4, -0.2) is 34.3 Å². The van der Waals surface area contributed by atoms with Crippen LogP contribution in [0, 0.1) is 5.82 Å². The summed E-state index contributed by atoms with van der Waals surface area (Å²) in [7, 11) is 1.74. The quantitative estimate of drug-likeness (QED) is 0.807. The zero-order valence-electron chi connectivity index (χ0n) is 13.4. The van der Waals surface area contributed by atoms with Crippen molar-refractivity contribution in [2.45, 2.75) is 45.4 Å².